The molecule has 0 bridgehead atoms. The van der Waals surface area contributed by atoms with Crippen LogP contribution in [-0.2, 0) is 0 Å². The van der Waals surface area contributed by atoms with Gasteiger partial charge in [0.25, 0.3) is 0 Å². The molecule has 1 aliphatic heterocycles. The van der Waals surface area contributed by atoms with E-state index in [4.69, 9.17) is 4.74 Å². The van der Waals surface area contributed by atoms with Gasteiger partial charge in [-0.1, -0.05) is 6.07 Å². The minimum atomic E-state index is -0.205. The average Bonchev–Trinajstić information content (AvgIpc) is 3.04. The van der Waals surface area contributed by atoms with Crippen LogP contribution in [0.2, 0.25) is 0 Å². The lowest BCUT2D eigenvalue weighted by molar-refractivity contribution is 0.192. The summed E-state index contributed by atoms with van der Waals surface area (Å²) in [5.74, 6) is 0.411. The summed E-state index contributed by atoms with van der Waals surface area (Å²) in [6.07, 6.45) is 0. The zero-order valence-electron chi connectivity index (χ0n) is 12.0. The molecule has 1 N–H and O–H groups in total. The highest BCUT2D eigenvalue weighted by Crippen LogP contribution is 2.37. The number of benzene rings is 1. The molecule has 0 unspecified atom stereocenters. The summed E-state index contributed by atoms with van der Waals surface area (Å²) in [6, 6.07) is 7.03. The van der Waals surface area contributed by atoms with Crippen molar-refractivity contribution in [3.05, 3.63) is 52.0 Å². The molecule has 1 fully saturated rings. The van der Waals surface area contributed by atoms with Gasteiger partial charge in [-0.15, -0.1) is 0 Å². The third kappa shape index (κ3) is 2.95. The first-order chi connectivity index (χ1) is 10.3. The van der Waals surface area contributed by atoms with E-state index < -0.39 is 0 Å². The van der Waals surface area contributed by atoms with Crippen LogP contribution in [0.15, 0.2) is 35.0 Å². The smallest absolute Gasteiger partial charge is 0.132 e. The van der Waals surface area contributed by atoms with Crippen LogP contribution in [0.3, 0.4) is 0 Å². The molecule has 1 saturated heterocycles. The maximum Gasteiger partial charge on any atom is 0.132 e. The number of thiophene rings is 1. The number of methoxy groups -OCH3 is 1. The first-order valence-corrected chi connectivity index (χ1v) is 8.05. The van der Waals surface area contributed by atoms with Gasteiger partial charge in [0, 0.05) is 26.2 Å². The number of rotatable bonds is 4. The Kier molecular flexibility index (Phi) is 4.53. The van der Waals surface area contributed by atoms with Crippen molar-refractivity contribution in [2.24, 2.45) is 0 Å². The number of hydrogen-bond acceptors (Lipinski definition) is 4. The summed E-state index contributed by atoms with van der Waals surface area (Å²) in [7, 11) is 1.60. The summed E-state index contributed by atoms with van der Waals surface area (Å²) >= 11 is 1.64. The number of nitrogens with one attached hydrogen (secondary N) is 1. The van der Waals surface area contributed by atoms with E-state index in [1.165, 1.54) is 6.07 Å². The van der Waals surface area contributed by atoms with Crippen molar-refractivity contribution in [3.8, 4) is 5.75 Å². The minimum absolute atomic E-state index is 0.0884. The normalized spacial score (nSPS) is 17.6. The van der Waals surface area contributed by atoms with E-state index in [-0.39, 0.29) is 11.9 Å². The molecule has 21 heavy (non-hydrogen) atoms. The fraction of sp³-hybridized carbons (Fsp3) is 0.375. The molecule has 0 radical (unpaired) electrons. The summed E-state index contributed by atoms with van der Waals surface area (Å²) in [5.41, 5.74) is 1.77. The van der Waals surface area contributed by atoms with Gasteiger partial charge < -0.3 is 10.1 Å². The van der Waals surface area contributed by atoms with Crippen LogP contribution in [0.1, 0.15) is 17.2 Å². The Morgan fingerprint density at radius 3 is 2.76 bits per heavy atom. The van der Waals surface area contributed by atoms with Gasteiger partial charge in [-0.05, 0) is 34.5 Å². The highest BCUT2D eigenvalue weighted by Gasteiger charge is 2.29. The predicted octanol–water partition coefficient (Wildman–Crippen LogP) is 2.89. The molecule has 1 aromatic heterocycles. The molecule has 0 spiro atoms. The van der Waals surface area contributed by atoms with Crippen molar-refractivity contribution in [3.63, 3.8) is 0 Å². The van der Waals surface area contributed by atoms with Gasteiger partial charge in [-0.2, -0.15) is 11.3 Å². The van der Waals surface area contributed by atoms with Crippen LogP contribution in [0, 0.1) is 5.82 Å². The Balaban J connectivity index is 2.07. The minimum Gasteiger partial charge on any atom is -0.496 e. The molecule has 0 saturated carbocycles. The average molecular weight is 306 g/mol. The van der Waals surface area contributed by atoms with Crippen LogP contribution in [0.4, 0.5) is 4.39 Å². The molecule has 112 valence electrons. The zero-order chi connectivity index (χ0) is 14.7. The Hall–Kier alpha value is -1.43. The second-order valence-electron chi connectivity index (χ2n) is 5.10. The van der Waals surface area contributed by atoms with E-state index >= 15 is 0 Å². The number of ether oxygens (including phenoxy) is 1. The van der Waals surface area contributed by atoms with Crippen LogP contribution >= 0.6 is 11.3 Å². The van der Waals surface area contributed by atoms with Crippen LogP contribution in [0.25, 0.3) is 0 Å². The van der Waals surface area contributed by atoms with Gasteiger partial charge in [0.05, 0.1) is 18.7 Å². The van der Waals surface area contributed by atoms with E-state index in [2.05, 4.69) is 21.7 Å². The molecule has 3 nitrogen and oxygen atoms in total. The zero-order valence-corrected chi connectivity index (χ0v) is 12.8. The molecule has 1 aromatic carbocycles. The molecular formula is C16H19FN2OS. The van der Waals surface area contributed by atoms with Gasteiger partial charge in [-0.25, -0.2) is 4.39 Å². The number of nitrogens with zero attached hydrogens (tertiary/aromatic N) is 1. The molecule has 2 aromatic rings. The number of hydrogen-bond donors (Lipinski definition) is 1. The number of piperazine rings is 1. The highest BCUT2D eigenvalue weighted by molar-refractivity contribution is 7.08. The molecule has 0 amide bonds. The lowest BCUT2D eigenvalue weighted by Gasteiger charge is -2.35. The standard InChI is InChI=1S/C16H19FN2OS/c1-20-14-4-2-3-13(17)15(14)16(12-5-10-21-11-12)19-8-6-18-7-9-19/h2-5,10-11,16,18H,6-9H2,1H3/t16-/m1/s1. The second-order valence-corrected chi connectivity index (χ2v) is 5.88. The Morgan fingerprint density at radius 1 is 1.29 bits per heavy atom. The van der Waals surface area contributed by atoms with E-state index in [1.807, 2.05) is 11.4 Å². The van der Waals surface area contributed by atoms with Crippen LogP contribution in [0.5, 0.6) is 5.75 Å². The quantitative estimate of drug-likeness (QED) is 0.940. The van der Waals surface area contributed by atoms with E-state index in [0.717, 1.165) is 31.7 Å². The maximum atomic E-state index is 14.5. The van der Waals surface area contributed by atoms with Crippen LogP contribution in [-0.4, -0.2) is 38.2 Å². The highest BCUT2D eigenvalue weighted by atomic mass is 32.1. The van der Waals surface area contributed by atoms with Gasteiger partial charge in [0.15, 0.2) is 0 Å². The second kappa shape index (κ2) is 6.56. The first-order valence-electron chi connectivity index (χ1n) is 7.10. The predicted molar refractivity (Wildman–Crippen MR) is 83.6 cm³/mol. The molecule has 5 heteroatoms. The van der Waals surface area contributed by atoms with Crippen molar-refractivity contribution in [1.82, 2.24) is 10.2 Å². The Morgan fingerprint density at radius 2 is 2.10 bits per heavy atom. The monoisotopic (exact) mass is 306 g/mol. The maximum absolute atomic E-state index is 14.5. The van der Waals surface area contributed by atoms with Gasteiger partial charge in [-0.3, -0.25) is 4.90 Å². The summed E-state index contributed by atoms with van der Waals surface area (Å²) in [5, 5.41) is 7.48. The number of halogens is 1. The topological polar surface area (TPSA) is 24.5 Å². The molecule has 2 heterocycles. The lowest BCUT2D eigenvalue weighted by atomic mass is 9.97. The summed E-state index contributed by atoms with van der Waals surface area (Å²) < 4.78 is 19.9. The molecular weight excluding hydrogens is 287 g/mol. The van der Waals surface area contributed by atoms with Crippen molar-refractivity contribution >= 4 is 11.3 Å². The van der Waals surface area contributed by atoms with Crippen molar-refractivity contribution < 1.29 is 9.13 Å². The fourth-order valence-corrected chi connectivity index (χ4v) is 3.57. The van der Waals surface area contributed by atoms with E-state index in [0.29, 0.717) is 11.3 Å². The SMILES string of the molecule is COc1cccc(F)c1[C@@H](c1ccsc1)N1CCNCC1. The molecule has 0 aliphatic carbocycles. The van der Waals surface area contributed by atoms with Gasteiger partial charge in [0.2, 0.25) is 0 Å². The van der Waals surface area contributed by atoms with Gasteiger partial charge >= 0.3 is 0 Å². The van der Waals surface area contributed by atoms with Crippen LogP contribution < -0.4 is 10.1 Å². The lowest BCUT2D eigenvalue weighted by Crippen LogP contribution is -2.45. The Labute approximate surface area is 128 Å². The molecule has 3 rings (SSSR count). The molecule has 1 aliphatic rings. The third-order valence-electron chi connectivity index (χ3n) is 3.88. The molecule has 1 atom stereocenters. The summed E-state index contributed by atoms with van der Waals surface area (Å²) in [6.45, 7) is 3.66. The summed E-state index contributed by atoms with van der Waals surface area (Å²) in [4.78, 5) is 2.32. The van der Waals surface area contributed by atoms with Crippen molar-refractivity contribution in [2.75, 3.05) is 33.3 Å². The fourth-order valence-electron chi connectivity index (χ4n) is 2.89. The van der Waals surface area contributed by atoms with Crippen molar-refractivity contribution in [1.29, 1.82) is 0 Å². The van der Waals surface area contributed by atoms with Gasteiger partial charge in [0.1, 0.15) is 11.6 Å². The van der Waals surface area contributed by atoms with E-state index in [9.17, 15) is 4.39 Å². The largest absolute Gasteiger partial charge is 0.496 e. The van der Waals surface area contributed by atoms with Crippen molar-refractivity contribution in [2.45, 2.75) is 6.04 Å². The third-order valence-corrected chi connectivity index (χ3v) is 4.58. The first kappa shape index (κ1) is 14.5. The van der Waals surface area contributed by atoms with E-state index in [1.54, 1.807) is 24.5 Å². The Bertz CT molecular complexity index is 582.